The van der Waals surface area contributed by atoms with Crippen molar-refractivity contribution in [3.05, 3.63) is 41.3 Å². The van der Waals surface area contributed by atoms with E-state index in [1.54, 1.807) is 14.2 Å². The molecule has 2 heterocycles. The van der Waals surface area contributed by atoms with Crippen LogP contribution in [0.1, 0.15) is 35.8 Å². The Bertz CT molecular complexity index is 777. The number of piperidine rings is 1. The zero-order valence-electron chi connectivity index (χ0n) is 17.3. The molecule has 0 bridgehead atoms. The molecule has 2 aromatic rings. The summed E-state index contributed by atoms with van der Waals surface area (Å²) in [5, 5.41) is 6.59. The summed E-state index contributed by atoms with van der Waals surface area (Å²) in [5.74, 6) is 3.78. The molecule has 1 aliphatic rings. The van der Waals surface area contributed by atoms with Gasteiger partial charge in [0.1, 0.15) is 11.6 Å². The summed E-state index contributed by atoms with van der Waals surface area (Å²) in [6, 6.07) is 8.07. The summed E-state index contributed by atoms with van der Waals surface area (Å²) >= 11 is 0. The van der Waals surface area contributed by atoms with E-state index in [0.29, 0.717) is 5.92 Å². The lowest BCUT2D eigenvalue weighted by molar-refractivity contribution is 0.311. The Hall–Kier alpha value is -2.38. The second-order valence-corrected chi connectivity index (χ2v) is 7.24. The monoisotopic (exact) mass is 385 g/mol. The van der Waals surface area contributed by atoms with E-state index in [4.69, 9.17) is 19.4 Å². The predicted octanol–water partition coefficient (Wildman–Crippen LogP) is 2.63. The van der Waals surface area contributed by atoms with Crippen LogP contribution < -0.4 is 20.1 Å². The number of hydrogen-bond acceptors (Lipinski definition) is 7. The first-order valence-electron chi connectivity index (χ1n) is 9.78. The quantitative estimate of drug-likeness (QED) is 0.724. The largest absolute Gasteiger partial charge is 0.493 e. The Morgan fingerprint density at radius 2 is 1.82 bits per heavy atom. The molecule has 1 saturated heterocycles. The minimum absolute atomic E-state index is 0.435. The van der Waals surface area contributed by atoms with Crippen molar-refractivity contribution in [1.82, 2.24) is 20.2 Å². The standard InChI is InChI=1S/C21H31N5O2/c1-22-20-12-17(24-21(25-20)16-7-9-23-10-8-16)14-26(2)13-15-5-6-18(27-3)19(11-15)28-4/h5-6,11-12,16,23H,7-10,13-14H2,1-4H3,(H,22,24,25). The van der Waals surface area contributed by atoms with Gasteiger partial charge in [-0.15, -0.1) is 0 Å². The normalized spacial score (nSPS) is 14.9. The molecule has 28 heavy (non-hydrogen) atoms. The molecule has 1 fully saturated rings. The SMILES string of the molecule is CNc1cc(CN(C)Cc2ccc(OC)c(OC)c2)nc(C2CCNCC2)n1. The van der Waals surface area contributed by atoms with Gasteiger partial charge in [0.25, 0.3) is 0 Å². The number of rotatable bonds is 8. The summed E-state index contributed by atoms with van der Waals surface area (Å²) in [5.41, 5.74) is 2.21. The average Bonchev–Trinajstić information content (AvgIpc) is 2.73. The van der Waals surface area contributed by atoms with Gasteiger partial charge in [-0.3, -0.25) is 4.90 Å². The average molecular weight is 386 g/mol. The maximum absolute atomic E-state index is 5.41. The fourth-order valence-electron chi connectivity index (χ4n) is 3.61. The minimum atomic E-state index is 0.435. The molecule has 0 radical (unpaired) electrons. The topological polar surface area (TPSA) is 71.5 Å². The number of nitrogens with one attached hydrogen (secondary N) is 2. The van der Waals surface area contributed by atoms with Gasteiger partial charge in [0.2, 0.25) is 0 Å². The van der Waals surface area contributed by atoms with Crippen LogP contribution in [0.3, 0.4) is 0 Å². The van der Waals surface area contributed by atoms with E-state index < -0.39 is 0 Å². The highest BCUT2D eigenvalue weighted by Gasteiger charge is 2.19. The van der Waals surface area contributed by atoms with E-state index in [0.717, 1.165) is 67.9 Å². The number of aromatic nitrogens is 2. The third kappa shape index (κ3) is 5.11. The number of ether oxygens (including phenoxy) is 2. The zero-order chi connectivity index (χ0) is 19.9. The highest BCUT2D eigenvalue weighted by Crippen LogP contribution is 2.28. The highest BCUT2D eigenvalue weighted by atomic mass is 16.5. The smallest absolute Gasteiger partial charge is 0.161 e. The lowest BCUT2D eigenvalue weighted by atomic mass is 9.97. The molecule has 0 amide bonds. The van der Waals surface area contributed by atoms with Crippen molar-refractivity contribution in [1.29, 1.82) is 0 Å². The van der Waals surface area contributed by atoms with Crippen LogP contribution in [0.15, 0.2) is 24.3 Å². The van der Waals surface area contributed by atoms with Crippen LogP contribution in [-0.4, -0.2) is 56.3 Å². The predicted molar refractivity (Wildman–Crippen MR) is 111 cm³/mol. The second-order valence-electron chi connectivity index (χ2n) is 7.24. The molecule has 1 aromatic heterocycles. The van der Waals surface area contributed by atoms with Crippen LogP contribution in [-0.2, 0) is 13.1 Å². The van der Waals surface area contributed by atoms with Crippen LogP contribution in [0.25, 0.3) is 0 Å². The molecule has 0 aliphatic carbocycles. The highest BCUT2D eigenvalue weighted by molar-refractivity contribution is 5.43. The molecule has 152 valence electrons. The lowest BCUT2D eigenvalue weighted by Gasteiger charge is -2.23. The zero-order valence-corrected chi connectivity index (χ0v) is 17.3. The van der Waals surface area contributed by atoms with Crippen LogP contribution in [0.4, 0.5) is 5.82 Å². The van der Waals surface area contributed by atoms with Crippen LogP contribution >= 0.6 is 0 Å². The molecule has 7 heteroatoms. The molecule has 0 saturated carbocycles. The molecule has 1 aromatic carbocycles. The number of nitrogens with zero attached hydrogens (tertiary/aromatic N) is 3. The Morgan fingerprint density at radius 1 is 1.07 bits per heavy atom. The summed E-state index contributed by atoms with van der Waals surface area (Å²) in [4.78, 5) is 11.8. The third-order valence-electron chi connectivity index (χ3n) is 5.09. The summed E-state index contributed by atoms with van der Waals surface area (Å²) < 4.78 is 10.7. The maximum atomic E-state index is 5.41. The number of methoxy groups -OCH3 is 2. The maximum Gasteiger partial charge on any atom is 0.161 e. The van der Waals surface area contributed by atoms with E-state index in [9.17, 15) is 0 Å². The molecular weight excluding hydrogens is 354 g/mol. The molecule has 0 atom stereocenters. The number of benzene rings is 1. The molecular formula is C21H31N5O2. The van der Waals surface area contributed by atoms with Gasteiger partial charge in [-0.05, 0) is 50.7 Å². The van der Waals surface area contributed by atoms with Gasteiger partial charge in [-0.2, -0.15) is 0 Å². The Morgan fingerprint density at radius 3 is 2.50 bits per heavy atom. The van der Waals surface area contributed by atoms with Crippen molar-refractivity contribution >= 4 is 5.82 Å². The van der Waals surface area contributed by atoms with Crippen molar-refractivity contribution in [2.45, 2.75) is 31.8 Å². The number of anilines is 1. The summed E-state index contributed by atoms with van der Waals surface area (Å²) in [6.07, 6.45) is 2.18. The Labute approximate surface area is 167 Å². The van der Waals surface area contributed by atoms with Gasteiger partial charge >= 0.3 is 0 Å². The van der Waals surface area contributed by atoms with Gasteiger partial charge in [-0.25, -0.2) is 9.97 Å². The minimum Gasteiger partial charge on any atom is -0.493 e. The van der Waals surface area contributed by atoms with E-state index in [1.807, 2.05) is 25.2 Å². The fraction of sp³-hybridized carbons (Fsp3) is 0.524. The Balaban J connectivity index is 1.71. The van der Waals surface area contributed by atoms with Gasteiger partial charge in [0.05, 0.1) is 19.9 Å². The second kappa shape index (κ2) is 9.71. The van der Waals surface area contributed by atoms with E-state index >= 15 is 0 Å². The van der Waals surface area contributed by atoms with Gasteiger partial charge in [0, 0.05) is 32.1 Å². The summed E-state index contributed by atoms with van der Waals surface area (Å²) in [7, 11) is 7.32. The van der Waals surface area contributed by atoms with Crippen molar-refractivity contribution in [2.75, 3.05) is 46.7 Å². The van der Waals surface area contributed by atoms with E-state index in [-0.39, 0.29) is 0 Å². The lowest BCUT2D eigenvalue weighted by Crippen LogP contribution is -2.28. The van der Waals surface area contributed by atoms with E-state index in [1.165, 1.54) is 5.56 Å². The number of hydrogen-bond donors (Lipinski definition) is 2. The molecule has 0 spiro atoms. The first kappa shape index (κ1) is 20.4. The molecule has 0 unspecified atom stereocenters. The van der Waals surface area contributed by atoms with Gasteiger partial charge in [0.15, 0.2) is 11.5 Å². The van der Waals surface area contributed by atoms with Crippen LogP contribution in [0, 0.1) is 0 Å². The van der Waals surface area contributed by atoms with E-state index in [2.05, 4.69) is 28.6 Å². The summed E-state index contributed by atoms with van der Waals surface area (Å²) in [6.45, 7) is 3.62. The first-order chi connectivity index (χ1) is 13.6. The molecule has 1 aliphatic heterocycles. The molecule has 2 N–H and O–H groups in total. The molecule has 7 nitrogen and oxygen atoms in total. The third-order valence-corrected chi connectivity index (χ3v) is 5.09. The van der Waals surface area contributed by atoms with Gasteiger partial charge < -0.3 is 20.1 Å². The van der Waals surface area contributed by atoms with Crippen molar-refractivity contribution < 1.29 is 9.47 Å². The van der Waals surface area contributed by atoms with Crippen LogP contribution in [0.2, 0.25) is 0 Å². The fourth-order valence-corrected chi connectivity index (χ4v) is 3.61. The van der Waals surface area contributed by atoms with Crippen molar-refractivity contribution in [3.63, 3.8) is 0 Å². The Kier molecular flexibility index (Phi) is 7.06. The first-order valence-corrected chi connectivity index (χ1v) is 9.78. The van der Waals surface area contributed by atoms with Crippen LogP contribution in [0.5, 0.6) is 11.5 Å². The van der Waals surface area contributed by atoms with Crippen molar-refractivity contribution in [3.8, 4) is 11.5 Å². The van der Waals surface area contributed by atoms with Gasteiger partial charge in [-0.1, -0.05) is 6.07 Å². The van der Waals surface area contributed by atoms with Crippen molar-refractivity contribution in [2.24, 2.45) is 0 Å². The molecule has 3 rings (SSSR count).